The molecule has 0 aliphatic heterocycles. The molecule has 1 atom stereocenters. The third-order valence-electron chi connectivity index (χ3n) is 3.10. The number of rotatable bonds is 4. The number of ether oxygens (including phenoxy) is 1. The van der Waals surface area contributed by atoms with Crippen LogP contribution in [0.3, 0.4) is 0 Å². The van der Waals surface area contributed by atoms with Gasteiger partial charge in [-0.25, -0.2) is 15.0 Å². The zero-order valence-electron chi connectivity index (χ0n) is 11.7. The Balaban J connectivity index is 2.07. The van der Waals surface area contributed by atoms with E-state index < -0.39 is 0 Å². The molecule has 0 saturated heterocycles. The van der Waals surface area contributed by atoms with E-state index in [9.17, 15) is 0 Å². The average Bonchev–Trinajstić information content (AvgIpc) is 2.96. The molecular weight excluding hydrogens is 286 g/mol. The summed E-state index contributed by atoms with van der Waals surface area (Å²) in [6.07, 6.45) is 3.12. The van der Waals surface area contributed by atoms with E-state index >= 15 is 0 Å². The summed E-state index contributed by atoms with van der Waals surface area (Å²) in [5, 5.41) is 0.813. The number of hydrogen-bond acceptors (Lipinski definition) is 6. The molecule has 0 amide bonds. The Bertz CT molecular complexity index is 771. The largest absolute Gasteiger partial charge is 0.496 e. The molecule has 0 saturated carbocycles. The molecule has 2 aromatic heterocycles. The fraction of sp³-hybridized carbons (Fsp3) is 0.214. The van der Waals surface area contributed by atoms with Gasteiger partial charge < -0.3 is 15.5 Å². The average molecular weight is 301 g/mol. The molecule has 7 heteroatoms. The van der Waals surface area contributed by atoms with Crippen molar-refractivity contribution in [1.29, 1.82) is 0 Å². The van der Waals surface area contributed by atoms with Crippen molar-refractivity contribution in [2.45, 2.75) is 22.9 Å². The molecule has 2 heterocycles. The van der Waals surface area contributed by atoms with E-state index in [0.717, 1.165) is 26.8 Å². The number of nitrogens with zero attached hydrogens (tertiary/aromatic N) is 3. The highest BCUT2D eigenvalue weighted by atomic mass is 32.2. The first-order valence-electron chi connectivity index (χ1n) is 6.45. The molecule has 108 valence electrons. The minimum Gasteiger partial charge on any atom is -0.496 e. The first-order valence-corrected chi connectivity index (χ1v) is 7.26. The Morgan fingerprint density at radius 2 is 2.14 bits per heavy atom. The number of benzene rings is 1. The van der Waals surface area contributed by atoms with Gasteiger partial charge in [-0.1, -0.05) is 17.8 Å². The van der Waals surface area contributed by atoms with Crippen molar-refractivity contribution >= 4 is 22.9 Å². The van der Waals surface area contributed by atoms with Crippen LogP contribution in [0.2, 0.25) is 0 Å². The van der Waals surface area contributed by atoms with Crippen LogP contribution in [-0.2, 0) is 0 Å². The zero-order chi connectivity index (χ0) is 14.8. The molecule has 0 bridgehead atoms. The standard InChI is InChI=1S/C14H15N5OS/c1-8(15)11-9(20-2)4-3-5-10(11)21-14-12-13(17-6-16-12)18-7-19-14/h3-8H,15H2,1-2H3,(H,16,17,18,19). The van der Waals surface area contributed by atoms with Gasteiger partial charge in [0.2, 0.25) is 0 Å². The molecular formula is C14H15N5OS. The topological polar surface area (TPSA) is 89.7 Å². The van der Waals surface area contributed by atoms with Crippen LogP contribution in [0.15, 0.2) is 40.8 Å². The second-order valence-corrected chi connectivity index (χ2v) is 5.57. The summed E-state index contributed by atoms with van der Waals surface area (Å²) in [6, 6.07) is 5.73. The molecule has 0 aliphatic rings. The Labute approximate surface area is 126 Å². The minimum atomic E-state index is -0.136. The normalized spacial score (nSPS) is 12.5. The van der Waals surface area contributed by atoms with Crippen LogP contribution < -0.4 is 10.5 Å². The summed E-state index contributed by atoms with van der Waals surface area (Å²) in [5.74, 6) is 0.782. The van der Waals surface area contributed by atoms with Crippen LogP contribution in [0.1, 0.15) is 18.5 Å². The monoisotopic (exact) mass is 301 g/mol. The van der Waals surface area contributed by atoms with E-state index in [0.29, 0.717) is 5.65 Å². The number of methoxy groups -OCH3 is 1. The lowest BCUT2D eigenvalue weighted by Gasteiger charge is -2.16. The van der Waals surface area contributed by atoms with Crippen molar-refractivity contribution in [2.75, 3.05) is 7.11 Å². The first-order chi connectivity index (χ1) is 10.2. The fourth-order valence-electron chi connectivity index (χ4n) is 2.16. The summed E-state index contributed by atoms with van der Waals surface area (Å²) >= 11 is 1.52. The lowest BCUT2D eigenvalue weighted by Crippen LogP contribution is -2.08. The quantitative estimate of drug-likeness (QED) is 0.720. The Morgan fingerprint density at radius 1 is 1.29 bits per heavy atom. The van der Waals surface area contributed by atoms with Crippen LogP contribution in [0.4, 0.5) is 0 Å². The number of aromatic amines is 1. The van der Waals surface area contributed by atoms with Gasteiger partial charge in [-0.3, -0.25) is 0 Å². The minimum absolute atomic E-state index is 0.136. The van der Waals surface area contributed by atoms with E-state index in [4.69, 9.17) is 10.5 Å². The molecule has 0 spiro atoms. The maximum Gasteiger partial charge on any atom is 0.181 e. The Kier molecular flexibility index (Phi) is 3.76. The van der Waals surface area contributed by atoms with Gasteiger partial charge in [-0.05, 0) is 19.1 Å². The van der Waals surface area contributed by atoms with Crippen LogP contribution in [0.25, 0.3) is 11.2 Å². The van der Waals surface area contributed by atoms with Crippen LogP contribution in [-0.4, -0.2) is 27.0 Å². The molecule has 3 N–H and O–H groups in total. The maximum absolute atomic E-state index is 6.09. The number of H-pyrrole nitrogens is 1. The third kappa shape index (κ3) is 2.57. The molecule has 3 aromatic rings. The number of hydrogen-bond donors (Lipinski definition) is 2. The molecule has 1 aromatic carbocycles. The number of aromatic nitrogens is 4. The van der Waals surface area contributed by atoms with Gasteiger partial charge in [0.05, 0.1) is 13.4 Å². The van der Waals surface area contributed by atoms with Gasteiger partial charge in [0.25, 0.3) is 0 Å². The molecule has 6 nitrogen and oxygen atoms in total. The van der Waals surface area contributed by atoms with Crippen LogP contribution in [0.5, 0.6) is 5.75 Å². The SMILES string of the molecule is COc1cccc(Sc2ncnc3nc[nH]c23)c1C(C)N. The van der Waals surface area contributed by atoms with Gasteiger partial charge in [0.1, 0.15) is 22.6 Å². The number of imidazole rings is 1. The van der Waals surface area contributed by atoms with E-state index in [1.165, 1.54) is 18.1 Å². The first kappa shape index (κ1) is 13.8. The predicted molar refractivity (Wildman–Crippen MR) is 81.4 cm³/mol. The second kappa shape index (κ2) is 5.71. The van der Waals surface area contributed by atoms with Crippen LogP contribution >= 0.6 is 11.8 Å². The van der Waals surface area contributed by atoms with Gasteiger partial charge >= 0.3 is 0 Å². The van der Waals surface area contributed by atoms with E-state index in [-0.39, 0.29) is 6.04 Å². The van der Waals surface area contributed by atoms with Crippen molar-refractivity contribution in [3.8, 4) is 5.75 Å². The number of nitrogens with two attached hydrogens (primary N) is 1. The molecule has 21 heavy (non-hydrogen) atoms. The highest BCUT2D eigenvalue weighted by molar-refractivity contribution is 7.99. The van der Waals surface area contributed by atoms with Crippen molar-refractivity contribution in [2.24, 2.45) is 5.73 Å². The summed E-state index contributed by atoms with van der Waals surface area (Å²) in [4.78, 5) is 16.7. The molecule has 0 radical (unpaired) electrons. The van der Waals surface area contributed by atoms with Crippen molar-refractivity contribution < 1.29 is 4.74 Å². The van der Waals surface area contributed by atoms with Gasteiger partial charge in [-0.2, -0.15) is 0 Å². The summed E-state index contributed by atoms with van der Waals surface area (Å²) in [5.41, 5.74) is 8.53. The Hall–Kier alpha value is -2.12. The lowest BCUT2D eigenvalue weighted by atomic mass is 10.1. The van der Waals surface area contributed by atoms with E-state index in [2.05, 4.69) is 19.9 Å². The molecule has 1 unspecified atom stereocenters. The van der Waals surface area contributed by atoms with Gasteiger partial charge in [0.15, 0.2) is 5.65 Å². The summed E-state index contributed by atoms with van der Waals surface area (Å²) < 4.78 is 5.41. The van der Waals surface area contributed by atoms with E-state index in [1.807, 2.05) is 25.1 Å². The van der Waals surface area contributed by atoms with Crippen molar-refractivity contribution in [3.05, 3.63) is 36.4 Å². The van der Waals surface area contributed by atoms with Crippen LogP contribution in [0, 0.1) is 0 Å². The van der Waals surface area contributed by atoms with Gasteiger partial charge in [0, 0.05) is 16.5 Å². The third-order valence-corrected chi connectivity index (χ3v) is 4.17. The highest BCUT2D eigenvalue weighted by Gasteiger charge is 2.16. The Morgan fingerprint density at radius 3 is 2.90 bits per heavy atom. The predicted octanol–water partition coefficient (Wildman–Crippen LogP) is 2.53. The van der Waals surface area contributed by atoms with Gasteiger partial charge in [-0.15, -0.1) is 0 Å². The fourth-order valence-corrected chi connectivity index (χ4v) is 3.27. The van der Waals surface area contributed by atoms with Crippen molar-refractivity contribution in [3.63, 3.8) is 0 Å². The van der Waals surface area contributed by atoms with E-state index in [1.54, 1.807) is 13.4 Å². The highest BCUT2D eigenvalue weighted by Crippen LogP contribution is 2.38. The summed E-state index contributed by atoms with van der Waals surface area (Å²) in [7, 11) is 1.65. The lowest BCUT2D eigenvalue weighted by molar-refractivity contribution is 0.405. The molecule has 0 aliphatic carbocycles. The second-order valence-electron chi connectivity index (χ2n) is 4.54. The molecule has 3 rings (SSSR count). The zero-order valence-corrected chi connectivity index (χ0v) is 12.5. The van der Waals surface area contributed by atoms with Crippen molar-refractivity contribution in [1.82, 2.24) is 19.9 Å². The summed E-state index contributed by atoms with van der Waals surface area (Å²) in [6.45, 7) is 1.94. The molecule has 0 fully saturated rings. The smallest absolute Gasteiger partial charge is 0.181 e. The number of nitrogens with one attached hydrogen (secondary N) is 1. The number of fused-ring (bicyclic) bond motifs is 1. The maximum atomic E-state index is 6.09.